The zero-order valence-corrected chi connectivity index (χ0v) is 16.1. The maximum absolute atomic E-state index is 13.9. The van der Waals surface area contributed by atoms with Gasteiger partial charge in [-0.2, -0.15) is 0 Å². The molecule has 3 heterocycles. The highest BCUT2D eigenvalue weighted by Gasteiger charge is 2.21. The van der Waals surface area contributed by atoms with Crippen LogP contribution in [0.15, 0.2) is 53.1 Å². The second-order valence-electron chi connectivity index (χ2n) is 6.66. The molecule has 0 saturated heterocycles. The molecule has 1 amide bonds. The number of nitrogens with zero attached hydrogens (tertiary/aromatic N) is 2. The summed E-state index contributed by atoms with van der Waals surface area (Å²) in [6.07, 6.45) is 2.56. The van der Waals surface area contributed by atoms with Gasteiger partial charge in [-0.15, -0.1) is 10.2 Å². The lowest BCUT2D eigenvalue weighted by Gasteiger charge is -1.98. The van der Waals surface area contributed by atoms with Gasteiger partial charge >= 0.3 is 0 Å². The molecule has 2 N–H and O–H groups in total. The first-order chi connectivity index (χ1) is 14.1. The number of carbonyl (C=O) groups is 1. The Labute approximate surface area is 168 Å². The molecule has 0 bridgehead atoms. The second kappa shape index (κ2) is 6.82. The van der Waals surface area contributed by atoms with Crippen LogP contribution >= 0.6 is 11.3 Å². The Morgan fingerprint density at radius 3 is 2.86 bits per heavy atom. The van der Waals surface area contributed by atoms with Gasteiger partial charge in [-0.25, -0.2) is 4.39 Å². The molecule has 0 unspecified atom stereocenters. The number of fused-ring (bicyclic) bond motifs is 2. The third-order valence-electron chi connectivity index (χ3n) is 4.83. The zero-order chi connectivity index (χ0) is 20.0. The van der Waals surface area contributed by atoms with Crippen LogP contribution in [0.1, 0.15) is 26.7 Å². The lowest BCUT2D eigenvalue weighted by molar-refractivity contribution is 0.0997. The third-order valence-corrected chi connectivity index (χ3v) is 5.66. The smallest absolute Gasteiger partial charge is 0.293 e. The first kappa shape index (κ1) is 17.6. The van der Waals surface area contributed by atoms with E-state index in [9.17, 15) is 9.18 Å². The van der Waals surface area contributed by atoms with Crippen molar-refractivity contribution in [3.05, 3.63) is 76.4 Å². The Hall–Kier alpha value is -3.52. The topological polar surface area (TPSA) is 83.8 Å². The van der Waals surface area contributed by atoms with Gasteiger partial charge in [0.15, 0.2) is 17.2 Å². The molecule has 0 atom stereocenters. The summed E-state index contributed by atoms with van der Waals surface area (Å²) in [4.78, 5) is 15.9. The summed E-state index contributed by atoms with van der Waals surface area (Å²) in [7, 11) is 0. The van der Waals surface area contributed by atoms with Crippen LogP contribution in [0, 0.1) is 12.7 Å². The van der Waals surface area contributed by atoms with Gasteiger partial charge in [-0.3, -0.25) is 10.1 Å². The molecule has 0 aliphatic rings. The van der Waals surface area contributed by atoms with Crippen molar-refractivity contribution in [1.29, 1.82) is 0 Å². The largest absolute Gasteiger partial charge is 0.448 e. The van der Waals surface area contributed by atoms with Gasteiger partial charge in [-0.05, 0) is 24.6 Å². The van der Waals surface area contributed by atoms with Gasteiger partial charge in [0.2, 0.25) is 5.13 Å². The molecule has 0 spiro atoms. The zero-order valence-electron chi connectivity index (χ0n) is 15.3. The summed E-state index contributed by atoms with van der Waals surface area (Å²) < 4.78 is 19.4. The number of hydrogen-bond donors (Lipinski definition) is 2. The number of H-pyrrole nitrogens is 1. The molecule has 2 aromatic carbocycles. The molecule has 29 heavy (non-hydrogen) atoms. The van der Waals surface area contributed by atoms with Gasteiger partial charge in [0.05, 0.1) is 0 Å². The Morgan fingerprint density at radius 2 is 2.00 bits per heavy atom. The van der Waals surface area contributed by atoms with Crippen molar-refractivity contribution in [1.82, 2.24) is 15.2 Å². The van der Waals surface area contributed by atoms with E-state index in [0.29, 0.717) is 22.5 Å². The predicted molar refractivity (Wildman–Crippen MR) is 110 cm³/mol. The quantitative estimate of drug-likeness (QED) is 0.437. The fraction of sp³-hybridized carbons (Fsp3) is 0.0952. The van der Waals surface area contributed by atoms with Gasteiger partial charge in [0.1, 0.15) is 5.01 Å². The highest BCUT2D eigenvalue weighted by molar-refractivity contribution is 7.15. The number of furan rings is 1. The SMILES string of the molecule is Cc1c(C(=O)Nc2nnc(Cc3c[nH]c4ccccc34)s2)oc2c(F)cccc12. The molecule has 0 saturated carbocycles. The van der Waals surface area contributed by atoms with Crippen LogP contribution in [-0.4, -0.2) is 21.1 Å². The normalized spacial score (nSPS) is 11.4. The van der Waals surface area contributed by atoms with Crippen LogP contribution < -0.4 is 5.32 Å². The summed E-state index contributed by atoms with van der Waals surface area (Å²) >= 11 is 1.29. The van der Waals surface area contributed by atoms with Gasteiger partial charge < -0.3 is 9.40 Å². The highest BCUT2D eigenvalue weighted by Crippen LogP contribution is 2.29. The number of amides is 1. The lowest BCUT2D eigenvalue weighted by Crippen LogP contribution is -2.11. The molecule has 0 aliphatic carbocycles. The van der Waals surface area contributed by atoms with Crippen LogP contribution in [0.4, 0.5) is 9.52 Å². The number of rotatable bonds is 4. The molecule has 0 aliphatic heterocycles. The van der Waals surface area contributed by atoms with E-state index in [1.165, 1.54) is 17.4 Å². The molecule has 144 valence electrons. The van der Waals surface area contributed by atoms with Crippen molar-refractivity contribution < 1.29 is 13.6 Å². The van der Waals surface area contributed by atoms with Crippen molar-refractivity contribution in [2.24, 2.45) is 0 Å². The van der Waals surface area contributed by atoms with E-state index in [-0.39, 0.29) is 11.3 Å². The summed E-state index contributed by atoms with van der Waals surface area (Å²) in [5.74, 6) is -0.909. The Morgan fingerprint density at radius 1 is 1.17 bits per heavy atom. The van der Waals surface area contributed by atoms with Crippen molar-refractivity contribution in [2.45, 2.75) is 13.3 Å². The minimum atomic E-state index is -0.499. The van der Waals surface area contributed by atoms with Crippen molar-refractivity contribution in [3.8, 4) is 0 Å². The number of carbonyl (C=O) groups excluding carboxylic acids is 1. The number of aromatic amines is 1. The van der Waals surface area contributed by atoms with E-state index in [1.54, 1.807) is 19.1 Å². The molecule has 6 nitrogen and oxygen atoms in total. The van der Waals surface area contributed by atoms with Gasteiger partial charge in [-0.1, -0.05) is 41.7 Å². The Kier molecular flexibility index (Phi) is 4.13. The molecule has 0 fully saturated rings. The fourth-order valence-corrected chi connectivity index (χ4v) is 4.15. The number of aryl methyl sites for hydroxylation is 1. The van der Waals surface area contributed by atoms with E-state index in [0.717, 1.165) is 21.5 Å². The van der Waals surface area contributed by atoms with Crippen molar-refractivity contribution >= 4 is 44.2 Å². The summed E-state index contributed by atoms with van der Waals surface area (Å²) in [5, 5.41) is 13.8. The monoisotopic (exact) mass is 406 g/mol. The van der Waals surface area contributed by atoms with E-state index in [1.807, 2.05) is 30.5 Å². The van der Waals surface area contributed by atoms with Crippen LogP contribution in [0.25, 0.3) is 21.9 Å². The number of nitrogens with one attached hydrogen (secondary N) is 2. The van der Waals surface area contributed by atoms with E-state index >= 15 is 0 Å². The van der Waals surface area contributed by atoms with Crippen LogP contribution in [0.5, 0.6) is 0 Å². The van der Waals surface area contributed by atoms with Crippen LogP contribution in [0.3, 0.4) is 0 Å². The van der Waals surface area contributed by atoms with Gasteiger partial charge in [0.25, 0.3) is 5.91 Å². The minimum absolute atomic E-state index is 0.0680. The lowest BCUT2D eigenvalue weighted by atomic mass is 10.1. The number of anilines is 1. The molecule has 8 heteroatoms. The average molecular weight is 406 g/mol. The summed E-state index contributed by atoms with van der Waals surface area (Å²) in [6.45, 7) is 1.72. The first-order valence-corrected chi connectivity index (χ1v) is 9.78. The minimum Gasteiger partial charge on any atom is -0.448 e. The molecule has 0 radical (unpaired) electrons. The highest BCUT2D eigenvalue weighted by atomic mass is 32.1. The number of hydrogen-bond acceptors (Lipinski definition) is 5. The van der Waals surface area contributed by atoms with Crippen LogP contribution in [0.2, 0.25) is 0 Å². The van der Waals surface area contributed by atoms with E-state index < -0.39 is 11.7 Å². The standard InChI is InChI=1S/C21H15FN4O2S/c1-11-13-6-4-7-15(22)19(13)28-18(11)20(27)24-21-26-25-17(29-21)9-12-10-23-16-8-3-2-5-14(12)16/h2-8,10,23H,9H2,1H3,(H,24,26,27). The number of para-hydroxylation sites is 2. The molecule has 5 rings (SSSR count). The third kappa shape index (κ3) is 3.07. The first-order valence-electron chi connectivity index (χ1n) is 8.96. The maximum Gasteiger partial charge on any atom is 0.293 e. The fourth-order valence-electron chi connectivity index (χ4n) is 3.40. The summed E-state index contributed by atoms with van der Waals surface area (Å²) in [6, 6.07) is 12.6. The van der Waals surface area contributed by atoms with Gasteiger partial charge in [0, 0.05) is 34.5 Å². The second-order valence-corrected chi connectivity index (χ2v) is 7.73. The summed E-state index contributed by atoms with van der Waals surface area (Å²) in [5.41, 5.74) is 2.83. The van der Waals surface area contributed by atoms with Crippen LogP contribution in [-0.2, 0) is 6.42 Å². The maximum atomic E-state index is 13.9. The van der Waals surface area contributed by atoms with E-state index in [4.69, 9.17) is 4.42 Å². The Balaban J connectivity index is 1.37. The molecule has 5 aromatic rings. The predicted octanol–water partition coefficient (Wildman–Crippen LogP) is 5.06. The Bertz CT molecular complexity index is 1370. The number of aromatic nitrogens is 3. The van der Waals surface area contributed by atoms with E-state index in [2.05, 4.69) is 20.5 Å². The number of halogens is 1. The molecular formula is C21H15FN4O2S. The molecule has 3 aromatic heterocycles. The van der Waals surface area contributed by atoms with Crippen molar-refractivity contribution in [2.75, 3.05) is 5.32 Å². The average Bonchev–Trinajstić information content (AvgIpc) is 3.42. The number of benzene rings is 2. The van der Waals surface area contributed by atoms with Crippen molar-refractivity contribution in [3.63, 3.8) is 0 Å². The molecular weight excluding hydrogens is 391 g/mol.